The number of benzene rings is 1. The lowest BCUT2D eigenvalue weighted by Gasteiger charge is -2.22. The van der Waals surface area contributed by atoms with Gasteiger partial charge in [-0.25, -0.2) is 13.1 Å². The number of sulfonamides is 1. The Bertz CT molecular complexity index is 525. The van der Waals surface area contributed by atoms with Crippen molar-refractivity contribution in [3.8, 4) is 0 Å². The quantitative estimate of drug-likeness (QED) is 0.912. The molecule has 1 N–H and O–H groups in total. The molecule has 0 aromatic heterocycles. The Morgan fingerprint density at radius 2 is 2.22 bits per heavy atom. The minimum absolute atomic E-state index is 0.0622. The third-order valence-electron chi connectivity index (χ3n) is 2.92. The van der Waals surface area contributed by atoms with E-state index in [2.05, 4.69) is 20.7 Å². The van der Waals surface area contributed by atoms with Crippen LogP contribution in [0.3, 0.4) is 0 Å². The van der Waals surface area contributed by atoms with Crippen LogP contribution in [0.5, 0.6) is 0 Å². The summed E-state index contributed by atoms with van der Waals surface area (Å²) >= 11 is 5.13. The summed E-state index contributed by atoms with van der Waals surface area (Å²) in [5.74, 6) is 2.00. The first kappa shape index (κ1) is 14.4. The zero-order valence-corrected chi connectivity index (χ0v) is 13.4. The molecule has 1 aromatic carbocycles. The Morgan fingerprint density at radius 1 is 1.44 bits per heavy atom. The van der Waals surface area contributed by atoms with Crippen LogP contribution in [0.2, 0.25) is 0 Å². The summed E-state index contributed by atoms with van der Waals surface area (Å²) in [5.41, 5.74) is 0.772. The number of hydrogen-bond acceptors (Lipinski definition) is 3. The minimum atomic E-state index is -3.41. The molecule has 3 nitrogen and oxygen atoms in total. The molecule has 1 aliphatic rings. The normalized spacial score (nSPS) is 20.9. The molecule has 1 aliphatic heterocycles. The fourth-order valence-corrected chi connectivity index (χ4v) is 5.21. The Morgan fingerprint density at radius 3 is 2.89 bits per heavy atom. The molecule has 6 heteroatoms. The SMILES string of the molecule is Cc1ccc(Br)cc1S(=O)(=O)NC1CCCSC1. The monoisotopic (exact) mass is 349 g/mol. The number of aryl methyl sites for hydroxylation is 1. The Labute approximate surface area is 121 Å². The number of hydrogen-bond donors (Lipinski definition) is 1. The maximum Gasteiger partial charge on any atom is 0.241 e. The van der Waals surface area contributed by atoms with E-state index in [9.17, 15) is 8.42 Å². The largest absolute Gasteiger partial charge is 0.241 e. The van der Waals surface area contributed by atoms with Crippen LogP contribution in [-0.4, -0.2) is 26.0 Å². The Kier molecular flexibility index (Phi) is 4.75. The summed E-state index contributed by atoms with van der Waals surface area (Å²) in [6.45, 7) is 1.82. The molecule has 0 amide bonds. The number of nitrogens with one attached hydrogen (secondary N) is 1. The fraction of sp³-hybridized carbons (Fsp3) is 0.500. The average Bonchev–Trinajstić information content (AvgIpc) is 2.33. The molecule has 0 saturated carbocycles. The predicted octanol–water partition coefficient (Wildman–Crippen LogP) is 2.93. The lowest BCUT2D eigenvalue weighted by molar-refractivity contribution is 0.542. The van der Waals surface area contributed by atoms with Gasteiger partial charge in [0.2, 0.25) is 10.0 Å². The summed E-state index contributed by atoms with van der Waals surface area (Å²) < 4.78 is 28.3. The fourth-order valence-electron chi connectivity index (χ4n) is 1.98. The third-order valence-corrected chi connectivity index (χ3v) is 6.29. The van der Waals surface area contributed by atoms with Gasteiger partial charge in [-0.1, -0.05) is 22.0 Å². The first-order chi connectivity index (χ1) is 8.49. The molecule has 0 aliphatic carbocycles. The summed E-state index contributed by atoms with van der Waals surface area (Å²) in [7, 11) is -3.41. The van der Waals surface area contributed by atoms with Gasteiger partial charge in [0.25, 0.3) is 0 Å². The van der Waals surface area contributed by atoms with Gasteiger partial charge in [0.1, 0.15) is 0 Å². The van der Waals surface area contributed by atoms with E-state index in [4.69, 9.17) is 0 Å². The van der Waals surface area contributed by atoms with Gasteiger partial charge >= 0.3 is 0 Å². The van der Waals surface area contributed by atoms with Gasteiger partial charge in [0.05, 0.1) is 4.90 Å². The first-order valence-electron chi connectivity index (χ1n) is 5.85. The lowest BCUT2D eigenvalue weighted by atomic mass is 10.2. The van der Waals surface area contributed by atoms with Crippen molar-refractivity contribution in [3.63, 3.8) is 0 Å². The van der Waals surface area contributed by atoms with E-state index in [1.807, 2.05) is 30.8 Å². The average molecular weight is 350 g/mol. The molecule has 1 heterocycles. The van der Waals surface area contributed by atoms with Crippen LogP contribution in [0.15, 0.2) is 27.6 Å². The summed E-state index contributed by atoms with van der Waals surface area (Å²) in [6, 6.07) is 5.39. The van der Waals surface area contributed by atoms with Crippen molar-refractivity contribution in [1.29, 1.82) is 0 Å². The summed E-state index contributed by atoms with van der Waals surface area (Å²) in [5, 5.41) is 0. The van der Waals surface area contributed by atoms with Crippen LogP contribution >= 0.6 is 27.7 Å². The molecule has 1 saturated heterocycles. The summed E-state index contributed by atoms with van der Waals surface area (Å²) in [6.07, 6.45) is 2.01. The molecular formula is C12H16BrNO2S2. The highest BCUT2D eigenvalue weighted by atomic mass is 79.9. The van der Waals surface area contributed by atoms with Crippen molar-refractivity contribution in [1.82, 2.24) is 4.72 Å². The molecule has 18 heavy (non-hydrogen) atoms. The molecule has 2 rings (SSSR count). The van der Waals surface area contributed by atoms with Crippen LogP contribution in [0.25, 0.3) is 0 Å². The van der Waals surface area contributed by atoms with Crippen molar-refractivity contribution < 1.29 is 8.42 Å². The van der Waals surface area contributed by atoms with E-state index in [0.717, 1.165) is 34.4 Å². The second kappa shape index (κ2) is 5.94. The van der Waals surface area contributed by atoms with Crippen LogP contribution in [0.4, 0.5) is 0 Å². The first-order valence-corrected chi connectivity index (χ1v) is 9.28. The zero-order chi connectivity index (χ0) is 13.2. The smallest absolute Gasteiger partial charge is 0.207 e. The molecule has 0 bridgehead atoms. The molecule has 1 unspecified atom stereocenters. The van der Waals surface area contributed by atoms with Gasteiger partial charge in [-0.2, -0.15) is 11.8 Å². The van der Waals surface area contributed by atoms with Crippen LogP contribution in [0, 0.1) is 6.92 Å². The van der Waals surface area contributed by atoms with E-state index in [1.165, 1.54) is 0 Å². The molecular weight excluding hydrogens is 334 g/mol. The number of rotatable bonds is 3. The van der Waals surface area contributed by atoms with E-state index in [-0.39, 0.29) is 6.04 Å². The van der Waals surface area contributed by atoms with Gasteiger partial charge in [-0.15, -0.1) is 0 Å². The lowest BCUT2D eigenvalue weighted by Crippen LogP contribution is -2.38. The molecule has 1 atom stereocenters. The maximum absolute atomic E-state index is 12.3. The molecule has 1 fully saturated rings. The van der Waals surface area contributed by atoms with Gasteiger partial charge in [-0.05, 0) is 43.2 Å². The van der Waals surface area contributed by atoms with E-state index < -0.39 is 10.0 Å². The van der Waals surface area contributed by atoms with Crippen molar-refractivity contribution in [2.45, 2.75) is 30.7 Å². The number of halogens is 1. The van der Waals surface area contributed by atoms with Gasteiger partial charge in [0.15, 0.2) is 0 Å². The van der Waals surface area contributed by atoms with Crippen LogP contribution in [0.1, 0.15) is 18.4 Å². The second-order valence-corrected chi connectivity index (χ2v) is 8.19. The standard InChI is InChI=1S/C12H16BrNO2S2/c1-9-4-5-10(13)7-12(9)18(15,16)14-11-3-2-6-17-8-11/h4-5,7,11,14H,2-3,6,8H2,1H3. The van der Waals surface area contributed by atoms with E-state index >= 15 is 0 Å². The molecule has 1 aromatic rings. The summed E-state index contributed by atoms with van der Waals surface area (Å²) in [4.78, 5) is 0.368. The Hall–Kier alpha value is -0.0400. The highest BCUT2D eigenvalue weighted by Crippen LogP contribution is 2.23. The molecule has 0 radical (unpaired) electrons. The minimum Gasteiger partial charge on any atom is -0.207 e. The van der Waals surface area contributed by atoms with Gasteiger partial charge < -0.3 is 0 Å². The van der Waals surface area contributed by atoms with E-state index in [0.29, 0.717) is 4.90 Å². The van der Waals surface area contributed by atoms with Crippen LogP contribution in [-0.2, 0) is 10.0 Å². The topological polar surface area (TPSA) is 46.2 Å². The van der Waals surface area contributed by atoms with Crippen molar-refractivity contribution >= 4 is 37.7 Å². The Balaban J connectivity index is 2.21. The van der Waals surface area contributed by atoms with Gasteiger partial charge in [0, 0.05) is 16.3 Å². The third kappa shape index (κ3) is 3.50. The predicted molar refractivity (Wildman–Crippen MR) is 79.5 cm³/mol. The number of thioether (sulfide) groups is 1. The molecule has 0 spiro atoms. The van der Waals surface area contributed by atoms with Crippen molar-refractivity contribution in [2.75, 3.05) is 11.5 Å². The highest BCUT2D eigenvalue weighted by Gasteiger charge is 2.23. The van der Waals surface area contributed by atoms with Gasteiger partial charge in [-0.3, -0.25) is 0 Å². The van der Waals surface area contributed by atoms with Crippen molar-refractivity contribution in [3.05, 3.63) is 28.2 Å². The van der Waals surface area contributed by atoms with Crippen molar-refractivity contribution in [2.24, 2.45) is 0 Å². The second-order valence-electron chi connectivity index (χ2n) is 4.45. The highest BCUT2D eigenvalue weighted by molar-refractivity contribution is 9.10. The van der Waals surface area contributed by atoms with E-state index in [1.54, 1.807) is 6.07 Å². The maximum atomic E-state index is 12.3. The van der Waals surface area contributed by atoms with Crippen LogP contribution < -0.4 is 4.72 Å². The molecule has 100 valence electrons. The zero-order valence-electron chi connectivity index (χ0n) is 10.1.